The Morgan fingerprint density at radius 1 is 1.71 bits per heavy atom. The summed E-state index contributed by atoms with van der Waals surface area (Å²) in [6.45, 7) is 7.87. The summed E-state index contributed by atoms with van der Waals surface area (Å²) >= 11 is 12.3. The molecule has 2 unspecified atom stereocenters. The van der Waals surface area contributed by atoms with Crippen LogP contribution in [0.1, 0.15) is 26.7 Å². The normalized spacial score (nSPS) is 29.1. The molecule has 0 nitrogen and oxygen atoms in total. The molecule has 1 aliphatic rings. The Morgan fingerprint density at radius 3 is 2.86 bits per heavy atom. The fraction of sp³-hybridized carbons (Fsp3) is 0.500. The third-order valence-corrected chi connectivity index (χ3v) is 3.04. The van der Waals surface area contributed by atoms with Crippen molar-refractivity contribution in [1.82, 2.24) is 0 Å². The molecule has 0 saturated carbocycles. The summed E-state index contributed by atoms with van der Waals surface area (Å²) in [5.41, 5.74) is 1.19. The van der Waals surface area contributed by atoms with Crippen molar-refractivity contribution in [3.63, 3.8) is 0 Å². The minimum absolute atomic E-state index is 0.308. The van der Waals surface area contributed by atoms with Gasteiger partial charge in [0, 0.05) is 5.03 Å². The van der Waals surface area contributed by atoms with E-state index in [0.717, 1.165) is 17.9 Å². The molecule has 1 rings (SSSR count). The molecule has 14 heavy (non-hydrogen) atoms. The number of halogens is 2. The predicted octanol–water partition coefficient (Wildman–Crippen LogP) is 4.65. The van der Waals surface area contributed by atoms with Gasteiger partial charge in [0.1, 0.15) is 0 Å². The lowest BCUT2D eigenvalue weighted by Crippen LogP contribution is -2.15. The third kappa shape index (κ3) is 3.18. The smallest absolute Gasteiger partial charge is 0.0649 e. The highest BCUT2D eigenvalue weighted by molar-refractivity contribution is 6.34. The second kappa shape index (κ2) is 4.55. The summed E-state index contributed by atoms with van der Waals surface area (Å²) in [5.74, 6) is 0.461. The van der Waals surface area contributed by atoms with E-state index >= 15 is 0 Å². The molecule has 0 aromatic carbocycles. The van der Waals surface area contributed by atoms with Gasteiger partial charge in [-0.3, -0.25) is 0 Å². The van der Waals surface area contributed by atoms with E-state index in [2.05, 4.69) is 19.6 Å². The lowest BCUT2D eigenvalue weighted by molar-refractivity contribution is 0.701. The van der Waals surface area contributed by atoms with Gasteiger partial charge < -0.3 is 0 Å². The van der Waals surface area contributed by atoms with Crippen LogP contribution in [-0.4, -0.2) is 4.87 Å². The van der Waals surface area contributed by atoms with Crippen molar-refractivity contribution in [2.45, 2.75) is 31.6 Å². The molecule has 0 N–H and O–H groups in total. The van der Waals surface area contributed by atoms with E-state index in [1.807, 2.05) is 19.1 Å². The first-order valence-corrected chi connectivity index (χ1v) is 5.59. The molecule has 2 atom stereocenters. The van der Waals surface area contributed by atoms with Crippen LogP contribution in [0.15, 0.2) is 35.4 Å². The number of rotatable bonds is 3. The maximum Gasteiger partial charge on any atom is 0.0649 e. The van der Waals surface area contributed by atoms with Crippen LogP contribution in [0.4, 0.5) is 0 Å². The number of allylic oxidation sites excluding steroid dienone is 5. The van der Waals surface area contributed by atoms with Crippen LogP contribution in [-0.2, 0) is 0 Å². The molecular formula is C12H16Cl2. The van der Waals surface area contributed by atoms with Gasteiger partial charge in [0.2, 0.25) is 0 Å². The molecule has 0 spiro atoms. The van der Waals surface area contributed by atoms with Gasteiger partial charge in [0.05, 0.1) is 4.87 Å². The molecule has 0 aromatic heterocycles. The first kappa shape index (κ1) is 11.9. The minimum Gasteiger partial charge on any atom is -0.115 e. The molecule has 0 heterocycles. The molecule has 0 aromatic rings. The van der Waals surface area contributed by atoms with E-state index in [-0.39, 0.29) is 4.87 Å². The molecule has 1 aliphatic carbocycles. The van der Waals surface area contributed by atoms with Gasteiger partial charge >= 0.3 is 0 Å². The van der Waals surface area contributed by atoms with Gasteiger partial charge in [-0.25, -0.2) is 0 Å². The molecule has 78 valence electrons. The predicted molar refractivity (Wildman–Crippen MR) is 64.9 cm³/mol. The third-order valence-electron chi connectivity index (χ3n) is 2.43. The Labute approximate surface area is 96.3 Å². The largest absolute Gasteiger partial charge is 0.115 e. The van der Waals surface area contributed by atoms with Crippen molar-refractivity contribution in [1.29, 1.82) is 0 Å². The van der Waals surface area contributed by atoms with Crippen molar-refractivity contribution in [2.75, 3.05) is 0 Å². The molecule has 0 bridgehead atoms. The average Bonchev–Trinajstić information content (AvgIpc) is 2.09. The first-order chi connectivity index (χ1) is 6.44. The second-order valence-electron chi connectivity index (χ2n) is 4.12. The highest BCUT2D eigenvalue weighted by atomic mass is 35.5. The zero-order valence-corrected chi connectivity index (χ0v) is 10.2. The van der Waals surface area contributed by atoms with Crippen LogP contribution in [0.2, 0.25) is 0 Å². The second-order valence-corrected chi connectivity index (χ2v) is 5.39. The zero-order valence-electron chi connectivity index (χ0n) is 8.69. The molecule has 0 aliphatic heterocycles. The molecule has 0 amide bonds. The summed E-state index contributed by atoms with van der Waals surface area (Å²) in [6, 6.07) is 0. The molecule has 0 radical (unpaired) electrons. The highest BCUT2D eigenvalue weighted by Gasteiger charge is 2.23. The Hall–Kier alpha value is -0.200. The maximum atomic E-state index is 6.18. The van der Waals surface area contributed by atoms with E-state index in [1.54, 1.807) is 0 Å². The Kier molecular flexibility index (Phi) is 3.86. The van der Waals surface area contributed by atoms with Gasteiger partial charge in [-0.15, -0.1) is 18.2 Å². The summed E-state index contributed by atoms with van der Waals surface area (Å²) < 4.78 is 0. The zero-order chi connectivity index (χ0) is 10.8. The molecular weight excluding hydrogens is 215 g/mol. The maximum absolute atomic E-state index is 6.18. The summed E-state index contributed by atoms with van der Waals surface area (Å²) in [6.07, 6.45) is 7.81. The molecule has 0 saturated heterocycles. The number of hydrogen-bond donors (Lipinski definition) is 0. The first-order valence-electron chi connectivity index (χ1n) is 4.84. The van der Waals surface area contributed by atoms with Crippen molar-refractivity contribution < 1.29 is 0 Å². The fourth-order valence-electron chi connectivity index (χ4n) is 1.45. The van der Waals surface area contributed by atoms with Crippen LogP contribution in [0.3, 0.4) is 0 Å². The van der Waals surface area contributed by atoms with Crippen molar-refractivity contribution in [3.8, 4) is 0 Å². The molecule has 0 fully saturated rings. The quantitative estimate of drug-likeness (QED) is 0.490. The van der Waals surface area contributed by atoms with E-state index in [4.69, 9.17) is 23.2 Å². The SMILES string of the molecule is C=CC(C)CC1=CCC(C)(Cl)C=C1Cl. The fourth-order valence-corrected chi connectivity index (χ4v) is 2.08. The summed E-state index contributed by atoms with van der Waals surface area (Å²) in [7, 11) is 0. The van der Waals surface area contributed by atoms with E-state index in [0.29, 0.717) is 5.92 Å². The van der Waals surface area contributed by atoms with Gasteiger partial charge in [0.25, 0.3) is 0 Å². The minimum atomic E-state index is -0.308. The van der Waals surface area contributed by atoms with Crippen LogP contribution in [0.25, 0.3) is 0 Å². The lowest BCUT2D eigenvalue weighted by Gasteiger charge is -2.23. The van der Waals surface area contributed by atoms with E-state index in [1.165, 1.54) is 5.57 Å². The topological polar surface area (TPSA) is 0 Å². The number of hydrogen-bond acceptors (Lipinski definition) is 0. The summed E-state index contributed by atoms with van der Waals surface area (Å²) in [4.78, 5) is -0.308. The van der Waals surface area contributed by atoms with E-state index in [9.17, 15) is 0 Å². The van der Waals surface area contributed by atoms with Crippen LogP contribution < -0.4 is 0 Å². The van der Waals surface area contributed by atoms with Crippen molar-refractivity contribution in [2.24, 2.45) is 5.92 Å². The Bertz CT molecular complexity index is 285. The van der Waals surface area contributed by atoms with Crippen molar-refractivity contribution in [3.05, 3.63) is 35.4 Å². The summed E-state index contributed by atoms with van der Waals surface area (Å²) in [5, 5.41) is 0.794. The van der Waals surface area contributed by atoms with Gasteiger partial charge in [-0.2, -0.15) is 0 Å². The van der Waals surface area contributed by atoms with Crippen LogP contribution >= 0.6 is 23.2 Å². The number of alkyl halides is 1. The van der Waals surface area contributed by atoms with Gasteiger partial charge in [-0.05, 0) is 37.3 Å². The van der Waals surface area contributed by atoms with E-state index < -0.39 is 0 Å². The molecule has 2 heteroatoms. The van der Waals surface area contributed by atoms with Crippen LogP contribution in [0, 0.1) is 5.92 Å². The van der Waals surface area contributed by atoms with Gasteiger partial charge in [-0.1, -0.05) is 30.7 Å². The Balaban J connectivity index is 2.71. The lowest BCUT2D eigenvalue weighted by atomic mass is 9.92. The monoisotopic (exact) mass is 230 g/mol. The Morgan fingerprint density at radius 2 is 2.36 bits per heavy atom. The standard InChI is InChI=1S/C12H16Cl2/c1-4-9(2)7-10-5-6-12(3,14)8-11(10)13/h4-5,8-9H,1,6-7H2,2-3H3. The average molecular weight is 231 g/mol. The van der Waals surface area contributed by atoms with Gasteiger partial charge in [0.15, 0.2) is 0 Å². The van der Waals surface area contributed by atoms with Crippen molar-refractivity contribution >= 4 is 23.2 Å². The highest BCUT2D eigenvalue weighted by Crippen LogP contribution is 2.35. The van der Waals surface area contributed by atoms with Crippen LogP contribution in [0.5, 0.6) is 0 Å².